The fourth-order valence-corrected chi connectivity index (χ4v) is 2.19. The average molecular weight is 321 g/mol. The van der Waals surface area contributed by atoms with Crippen LogP contribution in [0.5, 0.6) is 0 Å². The molecular formula is C12H14F3N3O2S. The van der Waals surface area contributed by atoms with Crippen LogP contribution in [0.3, 0.4) is 0 Å². The van der Waals surface area contributed by atoms with Gasteiger partial charge in [-0.15, -0.1) is 0 Å². The van der Waals surface area contributed by atoms with Crippen molar-refractivity contribution in [2.24, 2.45) is 0 Å². The van der Waals surface area contributed by atoms with Crippen LogP contribution in [0, 0.1) is 11.3 Å². The van der Waals surface area contributed by atoms with Gasteiger partial charge < -0.3 is 5.32 Å². The summed E-state index contributed by atoms with van der Waals surface area (Å²) in [6.45, 7) is -0.0133. The number of benzene rings is 1. The second kappa shape index (κ2) is 6.32. The SMILES string of the molecule is CN(C)S(=O)(=O)CCNc1ccc(C(F)(F)F)cc1C#N. The number of halogens is 3. The summed E-state index contributed by atoms with van der Waals surface area (Å²) in [5.74, 6) is -0.230. The number of alkyl halides is 3. The van der Waals surface area contributed by atoms with E-state index in [-0.39, 0.29) is 23.5 Å². The number of anilines is 1. The summed E-state index contributed by atoms with van der Waals surface area (Å²) in [5, 5.41) is 11.5. The van der Waals surface area contributed by atoms with Gasteiger partial charge in [0.05, 0.1) is 22.6 Å². The van der Waals surface area contributed by atoms with Crippen molar-refractivity contribution in [3.8, 4) is 6.07 Å². The molecule has 0 aromatic heterocycles. The lowest BCUT2D eigenvalue weighted by atomic mass is 10.1. The van der Waals surface area contributed by atoms with E-state index >= 15 is 0 Å². The maximum absolute atomic E-state index is 12.5. The molecule has 0 aliphatic carbocycles. The molecule has 0 fully saturated rings. The summed E-state index contributed by atoms with van der Waals surface area (Å²) in [6.07, 6.45) is -4.53. The van der Waals surface area contributed by atoms with Gasteiger partial charge in [0.2, 0.25) is 10.0 Å². The molecule has 0 amide bonds. The molecule has 0 atom stereocenters. The van der Waals surface area contributed by atoms with Gasteiger partial charge >= 0.3 is 6.18 Å². The number of nitriles is 1. The van der Waals surface area contributed by atoms with E-state index in [0.29, 0.717) is 0 Å². The maximum atomic E-state index is 12.5. The van der Waals surface area contributed by atoms with Crippen molar-refractivity contribution in [2.45, 2.75) is 6.18 Å². The van der Waals surface area contributed by atoms with E-state index in [4.69, 9.17) is 5.26 Å². The Hall–Kier alpha value is -1.79. The third kappa shape index (κ3) is 4.61. The van der Waals surface area contributed by atoms with Crippen LogP contribution >= 0.6 is 0 Å². The smallest absolute Gasteiger partial charge is 0.383 e. The Morgan fingerprint density at radius 1 is 1.33 bits per heavy atom. The van der Waals surface area contributed by atoms with Gasteiger partial charge in [0, 0.05) is 20.6 Å². The lowest BCUT2D eigenvalue weighted by molar-refractivity contribution is -0.137. The van der Waals surface area contributed by atoms with Crippen LogP contribution in [0.1, 0.15) is 11.1 Å². The highest BCUT2D eigenvalue weighted by atomic mass is 32.2. The molecule has 0 aliphatic heterocycles. The lowest BCUT2D eigenvalue weighted by Gasteiger charge is -2.14. The van der Waals surface area contributed by atoms with Gasteiger partial charge in [0.1, 0.15) is 6.07 Å². The van der Waals surface area contributed by atoms with E-state index in [0.717, 1.165) is 22.5 Å². The van der Waals surface area contributed by atoms with Crippen LogP contribution < -0.4 is 5.32 Å². The van der Waals surface area contributed by atoms with Gasteiger partial charge in [-0.3, -0.25) is 0 Å². The summed E-state index contributed by atoms with van der Waals surface area (Å²) in [6, 6.07) is 4.33. The second-order valence-corrected chi connectivity index (χ2v) is 6.70. The quantitative estimate of drug-likeness (QED) is 0.899. The van der Waals surface area contributed by atoms with Crippen LogP contribution in [0.4, 0.5) is 18.9 Å². The fourth-order valence-electron chi connectivity index (χ4n) is 1.46. The monoisotopic (exact) mass is 321 g/mol. The molecule has 0 bridgehead atoms. The third-order valence-corrected chi connectivity index (χ3v) is 4.53. The largest absolute Gasteiger partial charge is 0.416 e. The molecule has 1 aromatic carbocycles. The van der Waals surface area contributed by atoms with E-state index in [9.17, 15) is 21.6 Å². The first-order valence-electron chi connectivity index (χ1n) is 5.83. The minimum absolute atomic E-state index is 0.0133. The third-order valence-electron chi connectivity index (χ3n) is 2.70. The van der Waals surface area contributed by atoms with Crippen LogP contribution in [0.2, 0.25) is 0 Å². The Kier molecular flexibility index (Phi) is 5.20. The van der Waals surface area contributed by atoms with Gasteiger partial charge in [-0.2, -0.15) is 18.4 Å². The van der Waals surface area contributed by atoms with Gasteiger partial charge in [-0.25, -0.2) is 12.7 Å². The Bertz CT molecular complexity index is 649. The molecule has 0 saturated carbocycles. The molecule has 0 saturated heterocycles. The molecule has 116 valence electrons. The molecule has 5 nitrogen and oxygen atoms in total. The number of nitrogens with zero attached hydrogens (tertiary/aromatic N) is 2. The summed E-state index contributed by atoms with van der Waals surface area (Å²) >= 11 is 0. The number of rotatable bonds is 5. The molecule has 9 heteroatoms. The van der Waals surface area contributed by atoms with Crippen molar-refractivity contribution < 1.29 is 21.6 Å². The maximum Gasteiger partial charge on any atom is 0.416 e. The van der Waals surface area contributed by atoms with Crippen molar-refractivity contribution in [3.63, 3.8) is 0 Å². The normalized spacial score (nSPS) is 12.2. The van der Waals surface area contributed by atoms with Gasteiger partial charge in [-0.1, -0.05) is 0 Å². The summed E-state index contributed by atoms with van der Waals surface area (Å²) in [5.41, 5.74) is -0.947. The van der Waals surface area contributed by atoms with Crippen LogP contribution in [0.15, 0.2) is 18.2 Å². The minimum atomic E-state index is -4.53. The van der Waals surface area contributed by atoms with E-state index in [2.05, 4.69) is 5.32 Å². The first-order valence-corrected chi connectivity index (χ1v) is 7.44. The Balaban J connectivity index is 2.84. The molecule has 0 radical (unpaired) electrons. The van der Waals surface area contributed by atoms with E-state index in [1.807, 2.05) is 0 Å². The number of hydrogen-bond acceptors (Lipinski definition) is 4. The molecule has 1 N–H and O–H groups in total. The molecule has 0 aliphatic rings. The van der Waals surface area contributed by atoms with Crippen molar-refractivity contribution in [3.05, 3.63) is 29.3 Å². The van der Waals surface area contributed by atoms with Crippen LogP contribution in [-0.2, 0) is 16.2 Å². The van der Waals surface area contributed by atoms with Gasteiger partial charge in [-0.05, 0) is 18.2 Å². The Labute approximate surface area is 121 Å². The summed E-state index contributed by atoms with van der Waals surface area (Å²) in [7, 11) is -0.645. The predicted molar refractivity (Wildman–Crippen MR) is 72.1 cm³/mol. The summed E-state index contributed by atoms with van der Waals surface area (Å²) in [4.78, 5) is 0. The van der Waals surface area contributed by atoms with E-state index in [1.165, 1.54) is 14.1 Å². The van der Waals surface area contributed by atoms with Crippen molar-refractivity contribution >= 4 is 15.7 Å². The second-order valence-electron chi connectivity index (χ2n) is 4.40. The van der Waals surface area contributed by atoms with Crippen molar-refractivity contribution in [1.82, 2.24) is 4.31 Å². The highest BCUT2D eigenvalue weighted by molar-refractivity contribution is 7.89. The molecular weight excluding hydrogens is 307 g/mol. The highest BCUT2D eigenvalue weighted by Gasteiger charge is 2.31. The number of sulfonamides is 1. The zero-order valence-electron chi connectivity index (χ0n) is 11.4. The Morgan fingerprint density at radius 3 is 2.43 bits per heavy atom. The topological polar surface area (TPSA) is 73.2 Å². The summed E-state index contributed by atoms with van der Waals surface area (Å²) < 4.78 is 61.7. The molecule has 1 aromatic rings. The molecule has 0 unspecified atom stereocenters. The zero-order chi connectivity index (χ0) is 16.3. The average Bonchev–Trinajstić information content (AvgIpc) is 2.37. The lowest BCUT2D eigenvalue weighted by Crippen LogP contribution is -2.28. The standard InChI is InChI=1S/C12H14F3N3O2S/c1-18(2)21(19,20)6-5-17-11-4-3-10(12(13,14)15)7-9(11)8-16/h3-4,7,17H,5-6H2,1-2H3. The molecule has 21 heavy (non-hydrogen) atoms. The first-order chi connectivity index (χ1) is 9.58. The van der Waals surface area contributed by atoms with E-state index in [1.54, 1.807) is 6.07 Å². The molecule has 1 rings (SSSR count). The van der Waals surface area contributed by atoms with Crippen molar-refractivity contribution in [1.29, 1.82) is 5.26 Å². The number of hydrogen-bond donors (Lipinski definition) is 1. The number of nitrogens with one attached hydrogen (secondary N) is 1. The van der Waals surface area contributed by atoms with Gasteiger partial charge in [0.25, 0.3) is 0 Å². The molecule has 0 heterocycles. The first kappa shape index (κ1) is 17.3. The zero-order valence-corrected chi connectivity index (χ0v) is 12.2. The highest BCUT2D eigenvalue weighted by Crippen LogP contribution is 2.31. The Morgan fingerprint density at radius 2 is 1.95 bits per heavy atom. The fraction of sp³-hybridized carbons (Fsp3) is 0.417. The van der Waals surface area contributed by atoms with E-state index < -0.39 is 21.8 Å². The van der Waals surface area contributed by atoms with Crippen LogP contribution in [0.25, 0.3) is 0 Å². The van der Waals surface area contributed by atoms with Crippen LogP contribution in [-0.4, -0.2) is 39.1 Å². The van der Waals surface area contributed by atoms with Crippen molar-refractivity contribution in [2.75, 3.05) is 31.7 Å². The molecule has 0 spiro atoms. The van der Waals surface area contributed by atoms with Gasteiger partial charge in [0.15, 0.2) is 0 Å². The minimum Gasteiger partial charge on any atom is -0.383 e. The predicted octanol–water partition coefficient (Wildman–Crippen LogP) is 1.88.